The van der Waals surface area contributed by atoms with Gasteiger partial charge in [-0.1, -0.05) is 0 Å². The molecule has 1 N–H and O–H groups in total. The minimum atomic E-state index is -0.611. The maximum absolute atomic E-state index is 13.4. The number of nitrogens with one attached hydrogen (secondary N) is 1. The average molecular weight is 318 g/mol. The van der Waals surface area contributed by atoms with Crippen molar-refractivity contribution >= 4 is 11.8 Å². The number of pyridine rings is 1. The summed E-state index contributed by atoms with van der Waals surface area (Å²) in [7, 11) is 1.46. The molecule has 0 aliphatic rings. The molecule has 0 fully saturated rings. The summed E-state index contributed by atoms with van der Waals surface area (Å²) in [4.78, 5) is 16.0. The molecule has 0 aliphatic carbocycles. The number of hydrogen-bond acceptors (Lipinski definition) is 4. The average Bonchev–Trinajstić information content (AvgIpc) is 2.46. The van der Waals surface area contributed by atoms with Crippen molar-refractivity contribution in [1.29, 1.82) is 0 Å². The Bertz CT molecular complexity index is 711. The lowest BCUT2D eigenvalue weighted by molar-refractivity contribution is 0.0636. The van der Waals surface area contributed by atoms with E-state index in [2.05, 4.69) is 10.3 Å². The third-order valence-electron chi connectivity index (χ3n) is 2.91. The van der Waals surface area contributed by atoms with E-state index in [-0.39, 0.29) is 0 Å². The number of methoxy groups -OCH3 is 1. The Morgan fingerprint density at radius 2 is 1.96 bits per heavy atom. The van der Waals surface area contributed by atoms with Crippen molar-refractivity contribution in [2.45, 2.75) is 26.4 Å². The first kappa shape index (κ1) is 16.7. The van der Waals surface area contributed by atoms with Crippen LogP contribution in [0.4, 0.5) is 14.9 Å². The van der Waals surface area contributed by atoms with E-state index in [1.807, 2.05) is 0 Å². The molecule has 0 saturated heterocycles. The summed E-state index contributed by atoms with van der Waals surface area (Å²) in [6, 6.07) is 5.91. The van der Waals surface area contributed by atoms with Crippen molar-refractivity contribution in [3.8, 4) is 16.9 Å². The first-order valence-electron chi connectivity index (χ1n) is 7.08. The Morgan fingerprint density at radius 1 is 1.22 bits per heavy atom. The third-order valence-corrected chi connectivity index (χ3v) is 2.91. The molecule has 5 nitrogen and oxygen atoms in total. The number of ether oxygens (including phenoxy) is 2. The van der Waals surface area contributed by atoms with Gasteiger partial charge in [0.25, 0.3) is 0 Å². The van der Waals surface area contributed by atoms with Gasteiger partial charge in [0.15, 0.2) is 0 Å². The highest BCUT2D eigenvalue weighted by Crippen LogP contribution is 2.35. The summed E-state index contributed by atoms with van der Waals surface area (Å²) in [5, 5.41) is 2.66. The molecule has 0 atom stereocenters. The molecular formula is C17H19FN2O3. The summed E-state index contributed by atoms with van der Waals surface area (Å²) in [6.07, 6.45) is 2.49. The molecule has 0 radical (unpaired) electrons. The van der Waals surface area contributed by atoms with Gasteiger partial charge in [0, 0.05) is 23.4 Å². The number of rotatable bonds is 3. The predicted octanol–water partition coefficient (Wildman–Crippen LogP) is 4.24. The molecule has 1 heterocycles. The minimum Gasteiger partial charge on any atom is -0.496 e. The molecule has 23 heavy (non-hydrogen) atoms. The van der Waals surface area contributed by atoms with E-state index >= 15 is 0 Å². The van der Waals surface area contributed by atoms with E-state index in [0.717, 1.165) is 0 Å². The molecule has 0 saturated carbocycles. The van der Waals surface area contributed by atoms with Crippen LogP contribution in [0.3, 0.4) is 0 Å². The highest BCUT2D eigenvalue weighted by molar-refractivity contribution is 5.92. The third kappa shape index (κ3) is 4.42. The second-order valence-electron chi connectivity index (χ2n) is 5.89. The number of amides is 1. The van der Waals surface area contributed by atoms with Gasteiger partial charge in [-0.25, -0.2) is 9.18 Å². The second-order valence-corrected chi connectivity index (χ2v) is 5.89. The van der Waals surface area contributed by atoms with Crippen molar-refractivity contribution in [3.63, 3.8) is 0 Å². The zero-order valence-electron chi connectivity index (χ0n) is 13.5. The van der Waals surface area contributed by atoms with Gasteiger partial charge in [0.2, 0.25) is 0 Å². The number of anilines is 1. The standard InChI is InChI=1S/C17H19FN2O3/c1-17(2,3)23-16(21)20-14-10-19-8-7-12(14)13-6-5-11(18)9-15(13)22-4/h5-10H,1-4H3,(H,20,21). The normalized spacial score (nSPS) is 11.0. The number of halogens is 1. The summed E-state index contributed by atoms with van der Waals surface area (Å²) in [5.41, 5.74) is 1.14. The van der Waals surface area contributed by atoms with Gasteiger partial charge in [-0.05, 0) is 39.0 Å². The zero-order chi connectivity index (χ0) is 17.0. The molecule has 0 bridgehead atoms. The fourth-order valence-electron chi connectivity index (χ4n) is 2.03. The van der Waals surface area contributed by atoms with E-state index in [1.54, 1.807) is 39.1 Å². The number of carbonyl (C=O) groups excluding carboxylic acids is 1. The van der Waals surface area contributed by atoms with E-state index in [4.69, 9.17) is 9.47 Å². The van der Waals surface area contributed by atoms with Crippen LogP contribution in [-0.4, -0.2) is 23.8 Å². The lowest BCUT2D eigenvalue weighted by Crippen LogP contribution is -2.27. The summed E-state index contributed by atoms with van der Waals surface area (Å²) < 4.78 is 23.8. The maximum atomic E-state index is 13.4. The SMILES string of the molecule is COc1cc(F)ccc1-c1ccncc1NC(=O)OC(C)(C)C. The highest BCUT2D eigenvalue weighted by atomic mass is 19.1. The fourth-order valence-corrected chi connectivity index (χ4v) is 2.03. The van der Waals surface area contributed by atoms with Crippen LogP contribution >= 0.6 is 0 Å². The lowest BCUT2D eigenvalue weighted by atomic mass is 10.0. The minimum absolute atomic E-state index is 0.364. The Kier molecular flexibility index (Phi) is 4.83. The van der Waals surface area contributed by atoms with Gasteiger partial charge in [0.05, 0.1) is 19.0 Å². The Labute approximate surface area is 134 Å². The summed E-state index contributed by atoms with van der Waals surface area (Å²) in [6.45, 7) is 5.33. The molecule has 2 aromatic rings. The van der Waals surface area contributed by atoms with Crippen molar-refractivity contribution < 1.29 is 18.7 Å². The molecule has 122 valence electrons. The Hall–Kier alpha value is -2.63. The van der Waals surface area contributed by atoms with Crippen LogP contribution in [0.1, 0.15) is 20.8 Å². The largest absolute Gasteiger partial charge is 0.496 e. The van der Waals surface area contributed by atoms with Gasteiger partial charge < -0.3 is 9.47 Å². The van der Waals surface area contributed by atoms with E-state index in [1.165, 1.54) is 25.4 Å². The quantitative estimate of drug-likeness (QED) is 0.919. The number of hydrogen-bond donors (Lipinski definition) is 1. The van der Waals surface area contributed by atoms with Crippen molar-refractivity contribution in [1.82, 2.24) is 4.98 Å². The zero-order valence-corrected chi connectivity index (χ0v) is 13.5. The van der Waals surface area contributed by atoms with E-state index < -0.39 is 17.5 Å². The van der Waals surface area contributed by atoms with Gasteiger partial charge >= 0.3 is 6.09 Å². The van der Waals surface area contributed by atoms with E-state index in [9.17, 15) is 9.18 Å². The number of benzene rings is 1. The van der Waals surface area contributed by atoms with Gasteiger partial charge in [-0.15, -0.1) is 0 Å². The van der Waals surface area contributed by atoms with Crippen LogP contribution in [0.5, 0.6) is 5.75 Å². The molecule has 1 aromatic carbocycles. The van der Waals surface area contributed by atoms with Crippen LogP contribution < -0.4 is 10.1 Å². The van der Waals surface area contributed by atoms with Gasteiger partial charge in [0.1, 0.15) is 17.2 Å². The predicted molar refractivity (Wildman–Crippen MR) is 86.0 cm³/mol. The maximum Gasteiger partial charge on any atom is 0.412 e. The van der Waals surface area contributed by atoms with Crippen LogP contribution in [-0.2, 0) is 4.74 Å². The molecule has 0 spiro atoms. The fraction of sp³-hybridized carbons (Fsp3) is 0.294. The van der Waals surface area contributed by atoms with Crippen molar-refractivity contribution in [3.05, 3.63) is 42.5 Å². The molecule has 2 rings (SSSR count). The van der Waals surface area contributed by atoms with Gasteiger partial charge in [-0.3, -0.25) is 10.3 Å². The lowest BCUT2D eigenvalue weighted by Gasteiger charge is -2.20. The highest BCUT2D eigenvalue weighted by Gasteiger charge is 2.18. The monoisotopic (exact) mass is 318 g/mol. The van der Waals surface area contributed by atoms with E-state index in [0.29, 0.717) is 22.6 Å². The van der Waals surface area contributed by atoms with Crippen LogP contribution in [0.15, 0.2) is 36.7 Å². The molecule has 1 amide bonds. The van der Waals surface area contributed by atoms with Crippen LogP contribution in [0.2, 0.25) is 0 Å². The van der Waals surface area contributed by atoms with Crippen molar-refractivity contribution in [2.24, 2.45) is 0 Å². The topological polar surface area (TPSA) is 60.5 Å². The first-order chi connectivity index (χ1) is 10.8. The smallest absolute Gasteiger partial charge is 0.412 e. The van der Waals surface area contributed by atoms with Crippen LogP contribution in [0, 0.1) is 5.82 Å². The molecule has 1 aromatic heterocycles. The summed E-state index contributed by atoms with van der Waals surface area (Å²) in [5.74, 6) is -0.0373. The Balaban J connectivity index is 2.37. The molecule has 0 unspecified atom stereocenters. The van der Waals surface area contributed by atoms with Crippen LogP contribution in [0.25, 0.3) is 11.1 Å². The summed E-state index contributed by atoms with van der Waals surface area (Å²) >= 11 is 0. The molecular weight excluding hydrogens is 299 g/mol. The second kappa shape index (κ2) is 6.64. The Morgan fingerprint density at radius 3 is 2.61 bits per heavy atom. The number of aromatic nitrogens is 1. The van der Waals surface area contributed by atoms with Gasteiger partial charge in [-0.2, -0.15) is 0 Å². The number of carbonyl (C=O) groups is 1. The molecule has 6 heteroatoms. The van der Waals surface area contributed by atoms with Crippen molar-refractivity contribution in [2.75, 3.05) is 12.4 Å². The molecule has 0 aliphatic heterocycles. The first-order valence-corrected chi connectivity index (χ1v) is 7.08. The number of nitrogens with zero attached hydrogens (tertiary/aromatic N) is 1.